The van der Waals surface area contributed by atoms with Crippen molar-refractivity contribution < 1.29 is 19.4 Å². The van der Waals surface area contributed by atoms with Crippen LogP contribution < -0.4 is 14.8 Å². The molecule has 8 nitrogen and oxygen atoms in total. The molecule has 0 saturated carbocycles. The van der Waals surface area contributed by atoms with Crippen molar-refractivity contribution in [3.05, 3.63) is 30.1 Å². The first-order valence-corrected chi connectivity index (χ1v) is 6.44. The Labute approximate surface area is 120 Å². The zero-order valence-electron chi connectivity index (χ0n) is 11.2. The van der Waals surface area contributed by atoms with Gasteiger partial charge in [0, 0.05) is 31.0 Å². The van der Waals surface area contributed by atoms with Crippen molar-refractivity contribution in [2.75, 3.05) is 18.7 Å². The third-order valence-electron chi connectivity index (χ3n) is 2.92. The predicted octanol–water partition coefficient (Wildman–Crippen LogP) is 0.180. The van der Waals surface area contributed by atoms with Crippen molar-refractivity contribution in [3.63, 3.8) is 0 Å². The number of hydrogen-bond acceptors (Lipinski definition) is 6. The lowest BCUT2D eigenvalue weighted by atomic mass is 10.3. The predicted molar refractivity (Wildman–Crippen MR) is 72.0 cm³/mol. The molecular weight excluding hydrogens is 276 g/mol. The highest BCUT2D eigenvalue weighted by Gasteiger charge is 2.14. The van der Waals surface area contributed by atoms with Gasteiger partial charge in [-0.3, -0.25) is 4.79 Å². The normalized spacial score (nSPS) is 12.4. The van der Waals surface area contributed by atoms with Crippen LogP contribution in [0.2, 0.25) is 0 Å². The Kier molecular flexibility index (Phi) is 3.69. The van der Waals surface area contributed by atoms with Crippen molar-refractivity contribution in [2.45, 2.75) is 13.0 Å². The molecule has 0 bridgehead atoms. The van der Waals surface area contributed by atoms with E-state index < -0.39 is 0 Å². The fourth-order valence-corrected chi connectivity index (χ4v) is 1.97. The van der Waals surface area contributed by atoms with Crippen molar-refractivity contribution in [1.29, 1.82) is 0 Å². The Balaban J connectivity index is 1.60. The van der Waals surface area contributed by atoms with Gasteiger partial charge < -0.3 is 19.9 Å². The Bertz CT molecular complexity index is 655. The second-order valence-electron chi connectivity index (χ2n) is 4.50. The van der Waals surface area contributed by atoms with Gasteiger partial charge in [-0.15, -0.1) is 5.10 Å². The number of aliphatic hydroxyl groups is 1. The molecule has 2 heterocycles. The van der Waals surface area contributed by atoms with E-state index in [4.69, 9.17) is 14.6 Å². The minimum atomic E-state index is -0.227. The summed E-state index contributed by atoms with van der Waals surface area (Å²) in [6.07, 6.45) is 2.05. The molecule has 1 aliphatic rings. The van der Waals surface area contributed by atoms with E-state index in [1.807, 2.05) is 0 Å². The number of nitrogens with one attached hydrogen (secondary N) is 1. The number of nitrogens with zero attached hydrogens (tertiary/aromatic N) is 3. The van der Waals surface area contributed by atoms with Gasteiger partial charge in [0.15, 0.2) is 11.5 Å². The van der Waals surface area contributed by atoms with Crippen LogP contribution in [-0.2, 0) is 17.8 Å². The molecule has 2 aromatic rings. The summed E-state index contributed by atoms with van der Waals surface area (Å²) in [5, 5.41) is 19.2. The molecule has 0 spiro atoms. The van der Waals surface area contributed by atoms with Gasteiger partial charge in [0.1, 0.15) is 6.54 Å². The number of fused-ring (bicyclic) bond motifs is 1. The number of carbonyl (C=O) groups is 1. The lowest BCUT2D eigenvalue weighted by Crippen LogP contribution is -2.19. The number of rotatable bonds is 5. The van der Waals surface area contributed by atoms with Gasteiger partial charge >= 0.3 is 0 Å². The van der Waals surface area contributed by atoms with Gasteiger partial charge in [0.05, 0.1) is 5.69 Å². The molecule has 1 amide bonds. The lowest BCUT2D eigenvalue weighted by molar-refractivity contribution is -0.116. The molecule has 0 unspecified atom stereocenters. The molecule has 3 rings (SSSR count). The first kappa shape index (κ1) is 13.4. The fourth-order valence-electron chi connectivity index (χ4n) is 1.97. The minimum Gasteiger partial charge on any atom is -0.454 e. The highest BCUT2D eigenvalue weighted by atomic mass is 16.7. The molecule has 1 aliphatic heterocycles. The molecule has 8 heteroatoms. The summed E-state index contributed by atoms with van der Waals surface area (Å²) >= 11 is 0. The SMILES string of the molecule is O=C(Cn1cc(CCO)nn1)Nc1ccc2c(c1)OCO2. The van der Waals surface area contributed by atoms with Gasteiger partial charge in [-0.1, -0.05) is 5.21 Å². The molecule has 1 aromatic heterocycles. The maximum Gasteiger partial charge on any atom is 0.246 e. The summed E-state index contributed by atoms with van der Waals surface area (Å²) in [5.74, 6) is 1.05. The Morgan fingerprint density at radius 3 is 3.10 bits per heavy atom. The quantitative estimate of drug-likeness (QED) is 0.815. The molecular formula is C13H14N4O4. The largest absolute Gasteiger partial charge is 0.454 e. The third kappa shape index (κ3) is 3.11. The molecule has 110 valence electrons. The van der Waals surface area contributed by atoms with Crippen LogP contribution >= 0.6 is 0 Å². The van der Waals surface area contributed by atoms with Crippen molar-refractivity contribution >= 4 is 11.6 Å². The molecule has 0 radical (unpaired) electrons. The molecule has 21 heavy (non-hydrogen) atoms. The van der Waals surface area contributed by atoms with Gasteiger partial charge in [-0.05, 0) is 12.1 Å². The number of aromatic nitrogens is 3. The number of ether oxygens (including phenoxy) is 2. The molecule has 2 N–H and O–H groups in total. The highest BCUT2D eigenvalue weighted by molar-refractivity contribution is 5.90. The number of aliphatic hydroxyl groups excluding tert-OH is 1. The van der Waals surface area contributed by atoms with Crippen LogP contribution in [0.25, 0.3) is 0 Å². The number of hydrogen-bond donors (Lipinski definition) is 2. The fraction of sp³-hybridized carbons (Fsp3) is 0.308. The van der Waals surface area contributed by atoms with Crippen LogP contribution in [0.1, 0.15) is 5.69 Å². The minimum absolute atomic E-state index is 0.00207. The smallest absolute Gasteiger partial charge is 0.246 e. The second kappa shape index (κ2) is 5.80. The zero-order chi connectivity index (χ0) is 14.7. The molecule has 0 saturated heterocycles. The van der Waals surface area contributed by atoms with Crippen LogP contribution in [0.4, 0.5) is 5.69 Å². The average Bonchev–Trinajstić information content (AvgIpc) is 3.08. The highest BCUT2D eigenvalue weighted by Crippen LogP contribution is 2.34. The summed E-state index contributed by atoms with van der Waals surface area (Å²) in [6.45, 7) is 0.244. The number of amides is 1. The third-order valence-corrected chi connectivity index (χ3v) is 2.92. The van der Waals surface area contributed by atoms with Crippen molar-refractivity contribution in [1.82, 2.24) is 15.0 Å². The lowest BCUT2D eigenvalue weighted by Gasteiger charge is -2.05. The van der Waals surface area contributed by atoms with Gasteiger partial charge in [-0.25, -0.2) is 4.68 Å². The van der Waals surface area contributed by atoms with E-state index in [0.29, 0.717) is 29.3 Å². The second-order valence-corrected chi connectivity index (χ2v) is 4.50. The van der Waals surface area contributed by atoms with E-state index in [1.54, 1.807) is 24.4 Å². The van der Waals surface area contributed by atoms with Crippen LogP contribution in [0.3, 0.4) is 0 Å². The molecule has 0 fully saturated rings. The maximum atomic E-state index is 11.9. The van der Waals surface area contributed by atoms with E-state index in [-0.39, 0.29) is 25.9 Å². The summed E-state index contributed by atoms with van der Waals surface area (Å²) < 4.78 is 11.9. The Hall–Kier alpha value is -2.61. The van der Waals surface area contributed by atoms with E-state index >= 15 is 0 Å². The Morgan fingerprint density at radius 2 is 2.24 bits per heavy atom. The van der Waals surface area contributed by atoms with Crippen LogP contribution in [0.5, 0.6) is 11.5 Å². The van der Waals surface area contributed by atoms with Crippen molar-refractivity contribution in [3.8, 4) is 11.5 Å². The average molecular weight is 290 g/mol. The summed E-state index contributed by atoms with van der Waals surface area (Å²) in [6, 6.07) is 5.19. The summed E-state index contributed by atoms with van der Waals surface area (Å²) in [4.78, 5) is 11.9. The van der Waals surface area contributed by atoms with Crippen molar-refractivity contribution in [2.24, 2.45) is 0 Å². The van der Waals surface area contributed by atoms with Crippen LogP contribution in [-0.4, -0.2) is 39.4 Å². The monoisotopic (exact) mass is 290 g/mol. The number of anilines is 1. The van der Waals surface area contributed by atoms with Gasteiger partial charge in [0.25, 0.3) is 0 Å². The molecule has 0 aliphatic carbocycles. The zero-order valence-corrected chi connectivity index (χ0v) is 11.2. The summed E-state index contributed by atoms with van der Waals surface area (Å²) in [7, 11) is 0. The van der Waals surface area contributed by atoms with E-state index in [9.17, 15) is 4.79 Å². The topological polar surface area (TPSA) is 98.5 Å². The van der Waals surface area contributed by atoms with Crippen LogP contribution in [0.15, 0.2) is 24.4 Å². The number of benzene rings is 1. The van der Waals surface area contributed by atoms with Gasteiger partial charge in [0.2, 0.25) is 12.7 Å². The first-order valence-electron chi connectivity index (χ1n) is 6.44. The van der Waals surface area contributed by atoms with E-state index in [2.05, 4.69) is 15.6 Å². The summed E-state index contributed by atoms with van der Waals surface area (Å²) in [5.41, 5.74) is 1.27. The van der Waals surface area contributed by atoms with Gasteiger partial charge in [-0.2, -0.15) is 0 Å². The standard InChI is InChI=1S/C13H14N4O4/c18-4-3-10-6-17(16-15-10)7-13(19)14-9-1-2-11-12(5-9)21-8-20-11/h1-2,5-6,18H,3-4,7-8H2,(H,14,19). The maximum absolute atomic E-state index is 11.9. The molecule has 0 atom stereocenters. The van der Waals surface area contributed by atoms with E-state index in [0.717, 1.165) is 0 Å². The Morgan fingerprint density at radius 1 is 1.38 bits per heavy atom. The van der Waals surface area contributed by atoms with Crippen LogP contribution in [0, 0.1) is 0 Å². The van der Waals surface area contributed by atoms with E-state index in [1.165, 1.54) is 4.68 Å². The number of carbonyl (C=O) groups excluding carboxylic acids is 1. The first-order chi connectivity index (χ1) is 10.2. The molecule has 1 aromatic carbocycles.